The standard InChI is InChI=1S/C24H26N4O/c1-26-24(27-16-18-9-8-14-21(15-18)23(25)29)28-17-22(19-10-4-2-5-11-19)20-12-6-3-7-13-20/h2-15,22H,16-17H2,1H3,(H2,25,29)(H2,26,27,28). The summed E-state index contributed by atoms with van der Waals surface area (Å²) in [6.07, 6.45) is 0. The molecule has 3 aromatic rings. The van der Waals surface area contributed by atoms with Gasteiger partial charge in [0.25, 0.3) is 0 Å². The summed E-state index contributed by atoms with van der Waals surface area (Å²) in [5, 5.41) is 6.72. The first-order valence-corrected chi connectivity index (χ1v) is 9.60. The molecule has 3 aromatic carbocycles. The van der Waals surface area contributed by atoms with Crippen LogP contribution in [0.2, 0.25) is 0 Å². The third-order valence-corrected chi connectivity index (χ3v) is 4.77. The van der Waals surface area contributed by atoms with Crippen LogP contribution in [0.25, 0.3) is 0 Å². The molecule has 0 unspecified atom stereocenters. The molecule has 0 aliphatic carbocycles. The van der Waals surface area contributed by atoms with E-state index in [1.807, 2.05) is 24.3 Å². The summed E-state index contributed by atoms with van der Waals surface area (Å²) in [7, 11) is 1.75. The summed E-state index contributed by atoms with van der Waals surface area (Å²) >= 11 is 0. The summed E-state index contributed by atoms with van der Waals surface area (Å²) in [5.41, 5.74) is 9.32. The van der Waals surface area contributed by atoms with E-state index in [9.17, 15) is 4.79 Å². The van der Waals surface area contributed by atoms with E-state index in [2.05, 4.69) is 64.2 Å². The molecular weight excluding hydrogens is 360 g/mol. The van der Waals surface area contributed by atoms with Crippen molar-refractivity contribution in [1.82, 2.24) is 10.6 Å². The Balaban J connectivity index is 1.66. The number of hydrogen-bond donors (Lipinski definition) is 3. The number of benzene rings is 3. The number of rotatable bonds is 7. The Morgan fingerprint density at radius 2 is 1.52 bits per heavy atom. The molecule has 3 rings (SSSR count). The first-order valence-electron chi connectivity index (χ1n) is 9.60. The molecule has 0 spiro atoms. The normalized spacial score (nSPS) is 11.3. The van der Waals surface area contributed by atoms with Crippen LogP contribution in [0.4, 0.5) is 0 Å². The van der Waals surface area contributed by atoms with Crippen molar-refractivity contribution in [3.8, 4) is 0 Å². The fraction of sp³-hybridized carbons (Fsp3) is 0.167. The van der Waals surface area contributed by atoms with Crippen molar-refractivity contribution in [2.24, 2.45) is 10.7 Å². The second-order valence-electron chi connectivity index (χ2n) is 6.75. The molecule has 5 heteroatoms. The van der Waals surface area contributed by atoms with Crippen LogP contribution >= 0.6 is 0 Å². The van der Waals surface area contributed by atoms with E-state index in [1.165, 1.54) is 11.1 Å². The predicted molar refractivity (Wildman–Crippen MR) is 118 cm³/mol. The smallest absolute Gasteiger partial charge is 0.248 e. The van der Waals surface area contributed by atoms with Gasteiger partial charge >= 0.3 is 0 Å². The Bertz CT molecular complexity index is 915. The monoisotopic (exact) mass is 386 g/mol. The zero-order chi connectivity index (χ0) is 20.5. The third-order valence-electron chi connectivity index (χ3n) is 4.77. The molecule has 0 saturated carbocycles. The molecule has 0 aliphatic heterocycles. The second-order valence-corrected chi connectivity index (χ2v) is 6.75. The topological polar surface area (TPSA) is 79.5 Å². The molecule has 5 nitrogen and oxygen atoms in total. The molecule has 0 fully saturated rings. The first-order chi connectivity index (χ1) is 14.2. The minimum absolute atomic E-state index is 0.203. The summed E-state index contributed by atoms with van der Waals surface area (Å²) in [6.45, 7) is 1.25. The maximum atomic E-state index is 11.4. The Morgan fingerprint density at radius 1 is 0.897 bits per heavy atom. The highest BCUT2D eigenvalue weighted by Crippen LogP contribution is 2.23. The van der Waals surface area contributed by atoms with Crippen molar-refractivity contribution in [2.75, 3.05) is 13.6 Å². The second kappa shape index (κ2) is 10.1. The molecule has 0 radical (unpaired) electrons. The highest BCUT2D eigenvalue weighted by atomic mass is 16.1. The van der Waals surface area contributed by atoms with Crippen LogP contribution in [-0.4, -0.2) is 25.5 Å². The third kappa shape index (κ3) is 5.69. The molecule has 4 N–H and O–H groups in total. The maximum absolute atomic E-state index is 11.4. The number of primary amides is 1. The lowest BCUT2D eigenvalue weighted by molar-refractivity contribution is 0.1000. The Labute approximate surface area is 171 Å². The van der Waals surface area contributed by atoms with E-state index in [0.29, 0.717) is 24.6 Å². The van der Waals surface area contributed by atoms with Crippen molar-refractivity contribution in [1.29, 1.82) is 0 Å². The van der Waals surface area contributed by atoms with Gasteiger partial charge in [0, 0.05) is 31.6 Å². The minimum atomic E-state index is -0.428. The number of amides is 1. The lowest BCUT2D eigenvalue weighted by Crippen LogP contribution is -2.39. The lowest BCUT2D eigenvalue weighted by Gasteiger charge is -2.20. The number of aliphatic imine (C=N–C) groups is 1. The molecule has 1 amide bonds. The van der Waals surface area contributed by atoms with Crippen molar-refractivity contribution >= 4 is 11.9 Å². The maximum Gasteiger partial charge on any atom is 0.248 e. The largest absolute Gasteiger partial charge is 0.366 e. The van der Waals surface area contributed by atoms with Gasteiger partial charge in [-0.05, 0) is 28.8 Å². The van der Waals surface area contributed by atoms with E-state index < -0.39 is 5.91 Å². The van der Waals surface area contributed by atoms with Gasteiger partial charge in [0.2, 0.25) is 5.91 Å². The van der Waals surface area contributed by atoms with Crippen molar-refractivity contribution in [3.63, 3.8) is 0 Å². The molecule has 0 aromatic heterocycles. The van der Waals surface area contributed by atoms with Gasteiger partial charge in [-0.1, -0.05) is 72.8 Å². The first kappa shape index (κ1) is 20.1. The van der Waals surface area contributed by atoms with Gasteiger partial charge < -0.3 is 16.4 Å². The van der Waals surface area contributed by atoms with Gasteiger partial charge in [0.05, 0.1) is 0 Å². The molecule has 0 aliphatic rings. The van der Waals surface area contributed by atoms with Gasteiger partial charge in [-0.25, -0.2) is 0 Å². The zero-order valence-corrected chi connectivity index (χ0v) is 16.5. The molecule has 0 atom stereocenters. The van der Waals surface area contributed by atoms with Crippen LogP contribution in [0.1, 0.15) is 33.0 Å². The SMILES string of the molecule is CN=C(NCc1cccc(C(N)=O)c1)NCC(c1ccccc1)c1ccccc1. The van der Waals surface area contributed by atoms with E-state index in [-0.39, 0.29) is 5.92 Å². The zero-order valence-electron chi connectivity index (χ0n) is 16.5. The van der Waals surface area contributed by atoms with Crippen molar-refractivity contribution in [2.45, 2.75) is 12.5 Å². The van der Waals surface area contributed by atoms with Gasteiger partial charge in [0.1, 0.15) is 0 Å². The van der Waals surface area contributed by atoms with Crippen LogP contribution in [0.3, 0.4) is 0 Å². The average molecular weight is 386 g/mol. The fourth-order valence-corrected chi connectivity index (χ4v) is 3.24. The number of hydrogen-bond acceptors (Lipinski definition) is 2. The number of nitrogens with one attached hydrogen (secondary N) is 2. The summed E-state index contributed by atoms with van der Waals surface area (Å²) in [4.78, 5) is 15.7. The van der Waals surface area contributed by atoms with E-state index in [4.69, 9.17) is 5.73 Å². The molecule has 0 heterocycles. The van der Waals surface area contributed by atoms with E-state index >= 15 is 0 Å². The van der Waals surface area contributed by atoms with Crippen molar-refractivity contribution < 1.29 is 4.79 Å². The molecular formula is C24H26N4O. The Hall–Kier alpha value is -3.60. The van der Waals surface area contributed by atoms with E-state index in [0.717, 1.165) is 5.56 Å². The van der Waals surface area contributed by atoms with E-state index in [1.54, 1.807) is 19.2 Å². The molecule has 29 heavy (non-hydrogen) atoms. The molecule has 148 valence electrons. The number of guanidine groups is 1. The Kier molecular flexibility index (Phi) is 7.00. The van der Waals surface area contributed by atoms with Crippen LogP contribution in [0.15, 0.2) is 89.9 Å². The van der Waals surface area contributed by atoms with Gasteiger partial charge in [-0.3, -0.25) is 9.79 Å². The van der Waals surface area contributed by atoms with Gasteiger partial charge in [0.15, 0.2) is 5.96 Å². The highest BCUT2D eigenvalue weighted by Gasteiger charge is 2.14. The predicted octanol–water partition coefficient (Wildman–Crippen LogP) is 3.28. The number of carbonyl (C=O) groups is 1. The Morgan fingerprint density at radius 3 is 2.07 bits per heavy atom. The van der Waals surface area contributed by atoms with Gasteiger partial charge in [-0.2, -0.15) is 0 Å². The summed E-state index contributed by atoms with van der Waals surface area (Å²) in [5.74, 6) is 0.475. The average Bonchev–Trinajstić information content (AvgIpc) is 2.77. The number of carbonyl (C=O) groups excluding carboxylic acids is 1. The number of nitrogens with two attached hydrogens (primary N) is 1. The fourth-order valence-electron chi connectivity index (χ4n) is 3.24. The van der Waals surface area contributed by atoms with Gasteiger partial charge in [-0.15, -0.1) is 0 Å². The van der Waals surface area contributed by atoms with Crippen LogP contribution in [0.5, 0.6) is 0 Å². The summed E-state index contributed by atoms with van der Waals surface area (Å²) in [6, 6.07) is 28.1. The number of nitrogens with zero attached hydrogens (tertiary/aromatic N) is 1. The highest BCUT2D eigenvalue weighted by molar-refractivity contribution is 5.92. The van der Waals surface area contributed by atoms with Crippen LogP contribution in [0, 0.1) is 0 Å². The van der Waals surface area contributed by atoms with Crippen molar-refractivity contribution in [3.05, 3.63) is 107 Å². The molecule has 0 bridgehead atoms. The quantitative estimate of drug-likeness (QED) is 0.431. The minimum Gasteiger partial charge on any atom is -0.366 e. The summed E-state index contributed by atoms with van der Waals surface area (Å²) < 4.78 is 0. The van der Waals surface area contributed by atoms with Crippen LogP contribution < -0.4 is 16.4 Å². The molecule has 0 saturated heterocycles. The lowest BCUT2D eigenvalue weighted by atomic mass is 9.91. The van der Waals surface area contributed by atoms with Crippen LogP contribution in [-0.2, 0) is 6.54 Å².